The average Bonchev–Trinajstić information content (AvgIpc) is 2.62. The van der Waals surface area contributed by atoms with Crippen LogP contribution in [0.1, 0.15) is 66.4 Å². The van der Waals surface area contributed by atoms with E-state index in [0.29, 0.717) is 6.04 Å². The lowest BCUT2D eigenvalue weighted by Gasteiger charge is -2.42. The molecule has 1 aliphatic heterocycles. The van der Waals surface area contributed by atoms with Crippen LogP contribution in [0.2, 0.25) is 5.02 Å². The largest absolute Gasteiger partial charge is 0.301 e. The molecule has 3 heteroatoms. The number of piperidine rings is 1. The van der Waals surface area contributed by atoms with E-state index < -0.39 is 0 Å². The van der Waals surface area contributed by atoms with Crippen molar-refractivity contribution >= 4 is 11.6 Å². The van der Waals surface area contributed by atoms with E-state index in [1.165, 1.54) is 50.2 Å². The topological polar surface area (TPSA) is 6.48 Å². The van der Waals surface area contributed by atoms with Gasteiger partial charge >= 0.3 is 0 Å². The molecule has 1 unspecified atom stereocenters. The average molecular weight is 391 g/mol. The number of likely N-dealkylation sites (tertiary alicyclic amines) is 1. The fourth-order valence-electron chi connectivity index (χ4n) is 4.54. The second kappa shape index (κ2) is 10.1. The number of hydrogen-bond acceptors (Lipinski definition) is 2. The number of rotatable bonds is 8. The molecule has 1 aromatic carbocycles. The summed E-state index contributed by atoms with van der Waals surface area (Å²) < 4.78 is 0. The fraction of sp³-hybridized carbons (Fsp3) is 0.667. The molecule has 152 valence electrons. The van der Waals surface area contributed by atoms with E-state index in [4.69, 9.17) is 11.6 Å². The molecule has 1 aromatic rings. The molecule has 0 radical (unpaired) electrons. The van der Waals surface area contributed by atoms with Gasteiger partial charge in [-0.2, -0.15) is 0 Å². The van der Waals surface area contributed by atoms with Crippen molar-refractivity contribution in [2.75, 3.05) is 26.2 Å². The summed E-state index contributed by atoms with van der Waals surface area (Å²) in [7, 11) is 0. The first-order valence-corrected chi connectivity index (χ1v) is 11.0. The van der Waals surface area contributed by atoms with Crippen molar-refractivity contribution in [1.29, 1.82) is 0 Å². The summed E-state index contributed by atoms with van der Waals surface area (Å²) >= 11 is 6.10. The highest BCUT2D eigenvalue weighted by Crippen LogP contribution is 2.32. The molecule has 0 bridgehead atoms. The van der Waals surface area contributed by atoms with Gasteiger partial charge in [0, 0.05) is 30.2 Å². The lowest BCUT2D eigenvalue weighted by atomic mass is 9.78. The van der Waals surface area contributed by atoms with Crippen LogP contribution in [0.15, 0.2) is 35.9 Å². The minimum atomic E-state index is 0.122. The van der Waals surface area contributed by atoms with Crippen molar-refractivity contribution in [3.05, 3.63) is 46.5 Å². The molecule has 27 heavy (non-hydrogen) atoms. The van der Waals surface area contributed by atoms with Crippen molar-refractivity contribution in [2.24, 2.45) is 0 Å². The fourth-order valence-corrected chi connectivity index (χ4v) is 4.67. The Morgan fingerprint density at radius 3 is 2.19 bits per heavy atom. The van der Waals surface area contributed by atoms with Crippen molar-refractivity contribution < 1.29 is 0 Å². The van der Waals surface area contributed by atoms with Crippen molar-refractivity contribution in [2.45, 2.75) is 78.3 Å². The highest BCUT2D eigenvalue weighted by atomic mass is 35.5. The summed E-state index contributed by atoms with van der Waals surface area (Å²) in [5, 5.41) is 0.814. The summed E-state index contributed by atoms with van der Waals surface area (Å²) in [4.78, 5) is 5.34. The maximum absolute atomic E-state index is 6.10. The molecule has 2 nitrogen and oxygen atoms in total. The van der Waals surface area contributed by atoms with Crippen LogP contribution in [0.3, 0.4) is 0 Å². The lowest BCUT2D eigenvalue weighted by molar-refractivity contribution is 0.0928. The third-order valence-electron chi connectivity index (χ3n) is 6.17. The van der Waals surface area contributed by atoms with E-state index in [-0.39, 0.29) is 5.41 Å². The predicted molar refractivity (Wildman–Crippen MR) is 120 cm³/mol. The lowest BCUT2D eigenvalue weighted by Crippen LogP contribution is -2.48. The molecular formula is C24H39ClN2. The molecule has 0 N–H and O–H groups in total. The zero-order valence-corrected chi connectivity index (χ0v) is 19.0. The Balaban J connectivity index is 2.10. The first-order chi connectivity index (χ1) is 12.8. The maximum atomic E-state index is 6.10. The molecule has 1 aliphatic rings. The van der Waals surface area contributed by atoms with Gasteiger partial charge in [0.05, 0.1) is 0 Å². The standard InChI is InChI=1S/C24H39ClN2/c1-7-26(8-2)22-13-15-27(16-14-22)23(17-19(3)4)18-24(5,6)20-9-11-21(25)12-10-20/h9-12,17,22-23H,7-8,13-16,18H2,1-6H3. The number of benzene rings is 1. The van der Waals surface area contributed by atoms with Gasteiger partial charge in [-0.05, 0) is 69.3 Å². The number of hydrogen-bond donors (Lipinski definition) is 0. The SMILES string of the molecule is CCN(CC)C1CCN(C(C=C(C)C)CC(C)(C)c2ccc(Cl)cc2)CC1. The molecule has 0 aliphatic carbocycles. The molecular weight excluding hydrogens is 352 g/mol. The highest BCUT2D eigenvalue weighted by molar-refractivity contribution is 6.30. The predicted octanol–water partition coefficient (Wildman–Crippen LogP) is 6.15. The van der Waals surface area contributed by atoms with Gasteiger partial charge in [0.15, 0.2) is 0 Å². The minimum Gasteiger partial charge on any atom is -0.301 e. The monoisotopic (exact) mass is 390 g/mol. The number of halogens is 1. The molecule has 0 aromatic heterocycles. The van der Waals surface area contributed by atoms with E-state index in [2.05, 4.69) is 69.6 Å². The molecule has 1 fully saturated rings. The van der Waals surface area contributed by atoms with Crippen LogP contribution in [-0.4, -0.2) is 48.1 Å². The summed E-state index contributed by atoms with van der Waals surface area (Å²) in [5.74, 6) is 0. The zero-order valence-electron chi connectivity index (χ0n) is 18.3. The van der Waals surface area contributed by atoms with Gasteiger partial charge in [-0.1, -0.05) is 63.1 Å². The van der Waals surface area contributed by atoms with Crippen molar-refractivity contribution in [3.63, 3.8) is 0 Å². The van der Waals surface area contributed by atoms with Gasteiger partial charge in [-0.15, -0.1) is 0 Å². The highest BCUT2D eigenvalue weighted by Gasteiger charge is 2.31. The molecule has 1 saturated heterocycles. The first kappa shape index (κ1) is 22.5. The maximum Gasteiger partial charge on any atom is 0.0406 e. The summed E-state index contributed by atoms with van der Waals surface area (Å²) in [6.07, 6.45) is 6.19. The van der Waals surface area contributed by atoms with E-state index in [1.807, 2.05) is 12.1 Å². The van der Waals surface area contributed by atoms with Crippen LogP contribution in [0.4, 0.5) is 0 Å². The Morgan fingerprint density at radius 2 is 1.70 bits per heavy atom. The van der Waals surface area contributed by atoms with E-state index in [0.717, 1.165) is 17.5 Å². The van der Waals surface area contributed by atoms with Gasteiger partial charge in [-0.25, -0.2) is 0 Å². The third-order valence-corrected chi connectivity index (χ3v) is 6.42. The van der Waals surface area contributed by atoms with Crippen LogP contribution in [-0.2, 0) is 5.41 Å². The second-order valence-corrected chi connectivity index (χ2v) is 9.33. The molecule has 0 amide bonds. The second-order valence-electron chi connectivity index (χ2n) is 8.89. The Labute approximate surface area is 172 Å². The van der Waals surface area contributed by atoms with Gasteiger partial charge in [-0.3, -0.25) is 4.90 Å². The van der Waals surface area contributed by atoms with E-state index in [1.54, 1.807) is 0 Å². The van der Waals surface area contributed by atoms with Gasteiger partial charge in [0.25, 0.3) is 0 Å². The smallest absolute Gasteiger partial charge is 0.0406 e. The molecule has 2 rings (SSSR count). The first-order valence-electron chi connectivity index (χ1n) is 10.7. The van der Waals surface area contributed by atoms with Crippen LogP contribution in [0, 0.1) is 0 Å². The number of nitrogens with zero attached hydrogens (tertiary/aromatic N) is 2. The number of allylic oxidation sites excluding steroid dienone is 1. The van der Waals surface area contributed by atoms with Gasteiger partial charge in [0.1, 0.15) is 0 Å². The Hall–Kier alpha value is -0.830. The van der Waals surface area contributed by atoms with E-state index >= 15 is 0 Å². The van der Waals surface area contributed by atoms with E-state index in [9.17, 15) is 0 Å². The summed E-state index contributed by atoms with van der Waals surface area (Å²) in [6, 6.07) is 9.67. The molecule has 1 heterocycles. The van der Waals surface area contributed by atoms with Crippen molar-refractivity contribution in [3.8, 4) is 0 Å². The Bertz CT molecular complexity index is 589. The Kier molecular flexibility index (Phi) is 8.39. The summed E-state index contributed by atoms with van der Waals surface area (Å²) in [5.41, 5.74) is 2.91. The van der Waals surface area contributed by atoms with Crippen LogP contribution in [0.5, 0.6) is 0 Å². The quantitative estimate of drug-likeness (QED) is 0.491. The molecule has 0 saturated carbocycles. The normalized spacial score (nSPS) is 17.9. The Morgan fingerprint density at radius 1 is 1.15 bits per heavy atom. The van der Waals surface area contributed by atoms with Gasteiger partial charge in [0.2, 0.25) is 0 Å². The van der Waals surface area contributed by atoms with Crippen LogP contribution in [0.25, 0.3) is 0 Å². The minimum absolute atomic E-state index is 0.122. The summed E-state index contributed by atoms with van der Waals surface area (Å²) in [6.45, 7) is 18.5. The third kappa shape index (κ3) is 6.34. The van der Waals surface area contributed by atoms with Crippen LogP contribution >= 0.6 is 11.6 Å². The van der Waals surface area contributed by atoms with Gasteiger partial charge < -0.3 is 4.90 Å². The van der Waals surface area contributed by atoms with Crippen LogP contribution < -0.4 is 0 Å². The molecule has 0 spiro atoms. The van der Waals surface area contributed by atoms with Crippen molar-refractivity contribution in [1.82, 2.24) is 9.80 Å². The molecule has 1 atom stereocenters. The zero-order chi connectivity index (χ0) is 20.0.